The minimum Gasteiger partial charge on any atom is -0.398 e. The third kappa shape index (κ3) is 2.65. The van der Waals surface area contributed by atoms with Crippen molar-refractivity contribution < 1.29 is 0 Å². The monoisotopic (exact) mass is 249 g/mol. The number of halogens is 1. The Labute approximate surface area is 104 Å². The number of nitrogens with two attached hydrogens (primary N) is 1. The zero-order chi connectivity index (χ0) is 12.4. The SMILES string of the molecule is Cc1ccc(=O)n(Cc2ccc(Cl)cc2N)n1. The average molecular weight is 250 g/mol. The van der Waals surface area contributed by atoms with Crippen LogP contribution in [0.25, 0.3) is 0 Å². The van der Waals surface area contributed by atoms with Gasteiger partial charge in [-0.3, -0.25) is 4.79 Å². The van der Waals surface area contributed by atoms with Crippen molar-refractivity contribution in [3.05, 3.63) is 57.0 Å². The Morgan fingerprint density at radius 3 is 2.82 bits per heavy atom. The van der Waals surface area contributed by atoms with Crippen LogP contribution in [-0.2, 0) is 6.54 Å². The van der Waals surface area contributed by atoms with Crippen molar-refractivity contribution in [1.82, 2.24) is 9.78 Å². The van der Waals surface area contributed by atoms with Crippen molar-refractivity contribution in [2.24, 2.45) is 0 Å². The predicted molar refractivity (Wildman–Crippen MR) is 68.2 cm³/mol. The average Bonchev–Trinajstić information content (AvgIpc) is 2.27. The number of rotatable bonds is 2. The van der Waals surface area contributed by atoms with Gasteiger partial charge in [0.15, 0.2) is 0 Å². The van der Waals surface area contributed by atoms with Crippen LogP contribution >= 0.6 is 11.6 Å². The van der Waals surface area contributed by atoms with Crippen LogP contribution in [0.2, 0.25) is 5.02 Å². The van der Waals surface area contributed by atoms with E-state index in [-0.39, 0.29) is 5.56 Å². The third-order valence-corrected chi connectivity index (χ3v) is 2.66. The smallest absolute Gasteiger partial charge is 0.267 e. The number of aromatic nitrogens is 2. The lowest BCUT2D eigenvalue weighted by Gasteiger charge is -2.08. The molecule has 5 heteroatoms. The number of hydrogen-bond donors (Lipinski definition) is 1. The molecule has 1 aromatic heterocycles. The molecule has 4 nitrogen and oxygen atoms in total. The van der Waals surface area contributed by atoms with Gasteiger partial charge in [-0.1, -0.05) is 17.7 Å². The predicted octanol–water partition coefficient (Wildman–Crippen LogP) is 1.84. The molecule has 2 aromatic rings. The van der Waals surface area contributed by atoms with Gasteiger partial charge in [-0.05, 0) is 30.7 Å². The number of hydrogen-bond acceptors (Lipinski definition) is 3. The zero-order valence-corrected chi connectivity index (χ0v) is 10.1. The summed E-state index contributed by atoms with van der Waals surface area (Å²) in [6.45, 7) is 2.19. The normalized spacial score (nSPS) is 10.5. The molecule has 2 N–H and O–H groups in total. The molecule has 0 fully saturated rings. The van der Waals surface area contributed by atoms with E-state index in [1.807, 2.05) is 6.92 Å². The second-order valence-corrected chi connectivity index (χ2v) is 4.25. The third-order valence-electron chi connectivity index (χ3n) is 2.43. The Balaban J connectivity index is 2.38. The van der Waals surface area contributed by atoms with Gasteiger partial charge >= 0.3 is 0 Å². The van der Waals surface area contributed by atoms with E-state index in [0.717, 1.165) is 11.3 Å². The van der Waals surface area contributed by atoms with Gasteiger partial charge in [0.1, 0.15) is 0 Å². The highest BCUT2D eigenvalue weighted by Crippen LogP contribution is 2.18. The molecule has 0 radical (unpaired) electrons. The maximum Gasteiger partial charge on any atom is 0.267 e. The molecule has 2 rings (SSSR count). The Morgan fingerprint density at radius 1 is 1.35 bits per heavy atom. The highest BCUT2D eigenvalue weighted by atomic mass is 35.5. The van der Waals surface area contributed by atoms with Gasteiger partial charge in [0.05, 0.1) is 12.2 Å². The second kappa shape index (κ2) is 4.59. The van der Waals surface area contributed by atoms with E-state index >= 15 is 0 Å². The van der Waals surface area contributed by atoms with E-state index < -0.39 is 0 Å². The summed E-state index contributed by atoms with van der Waals surface area (Å²) < 4.78 is 1.38. The maximum absolute atomic E-state index is 11.6. The highest BCUT2D eigenvalue weighted by Gasteiger charge is 2.04. The summed E-state index contributed by atoms with van der Waals surface area (Å²) in [4.78, 5) is 11.6. The van der Waals surface area contributed by atoms with Gasteiger partial charge in [-0.15, -0.1) is 0 Å². The lowest BCUT2D eigenvalue weighted by atomic mass is 10.2. The topological polar surface area (TPSA) is 60.9 Å². The highest BCUT2D eigenvalue weighted by molar-refractivity contribution is 6.30. The summed E-state index contributed by atoms with van der Waals surface area (Å²) in [6.07, 6.45) is 0. The van der Waals surface area contributed by atoms with Crippen LogP contribution in [0.1, 0.15) is 11.3 Å². The molecule has 17 heavy (non-hydrogen) atoms. The van der Waals surface area contributed by atoms with E-state index in [9.17, 15) is 4.79 Å². The van der Waals surface area contributed by atoms with Crippen LogP contribution in [0.4, 0.5) is 5.69 Å². The quantitative estimate of drug-likeness (QED) is 0.826. The summed E-state index contributed by atoms with van der Waals surface area (Å²) >= 11 is 5.81. The van der Waals surface area contributed by atoms with Crippen LogP contribution in [0.15, 0.2) is 35.1 Å². The van der Waals surface area contributed by atoms with Crippen molar-refractivity contribution in [3.63, 3.8) is 0 Å². The van der Waals surface area contributed by atoms with Crippen LogP contribution in [0.3, 0.4) is 0 Å². The Bertz CT molecular complexity index is 607. The molecule has 0 aliphatic rings. The van der Waals surface area contributed by atoms with Crippen LogP contribution in [-0.4, -0.2) is 9.78 Å². The van der Waals surface area contributed by atoms with Crippen molar-refractivity contribution >= 4 is 17.3 Å². The molecule has 0 spiro atoms. The van der Waals surface area contributed by atoms with Crippen molar-refractivity contribution in [1.29, 1.82) is 0 Å². The minimum atomic E-state index is -0.148. The van der Waals surface area contributed by atoms with Crippen LogP contribution in [0, 0.1) is 6.92 Å². The number of benzene rings is 1. The Hall–Kier alpha value is -1.81. The molecule has 1 heterocycles. The summed E-state index contributed by atoms with van der Waals surface area (Å²) in [5.41, 5.74) is 7.86. The first-order valence-electron chi connectivity index (χ1n) is 5.15. The Morgan fingerprint density at radius 2 is 2.12 bits per heavy atom. The fourth-order valence-electron chi connectivity index (χ4n) is 1.54. The molecule has 0 atom stereocenters. The number of nitrogens with zero attached hydrogens (tertiary/aromatic N) is 2. The molecular formula is C12H12ClN3O. The fraction of sp³-hybridized carbons (Fsp3) is 0.167. The van der Waals surface area contributed by atoms with E-state index in [0.29, 0.717) is 17.3 Å². The van der Waals surface area contributed by atoms with Crippen molar-refractivity contribution in [2.75, 3.05) is 5.73 Å². The zero-order valence-electron chi connectivity index (χ0n) is 9.35. The van der Waals surface area contributed by atoms with E-state index in [1.54, 1.807) is 24.3 Å². The largest absolute Gasteiger partial charge is 0.398 e. The van der Waals surface area contributed by atoms with E-state index in [4.69, 9.17) is 17.3 Å². The molecular weight excluding hydrogens is 238 g/mol. The number of aryl methyl sites for hydroxylation is 1. The lowest BCUT2D eigenvalue weighted by Crippen LogP contribution is -2.23. The van der Waals surface area contributed by atoms with Crippen molar-refractivity contribution in [2.45, 2.75) is 13.5 Å². The molecule has 0 bridgehead atoms. The van der Waals surface area contributed by atoms with Gasteiger partial charge < -0.3 is 5.73 Å². The first-order valence-corrected chi connectivity index (χ1v) is 5.53. The van der Waals surface area contributed by atoms with Gasteiger partial charge in [-0.2, -0.15) is 5.10 Å². The van der Waals surface area contributed by atoms with E-state index in [2.05, 4.69) is 5.10 Å². The lowest BCUT2D eigenvalue weighted by molar-refractivity contribution is 0.629. The van der Waals surface area contributed by atoms with E-state index in [1.165, 1.54) is 10.7 Å². The molecule has 0 amide bonds. The Kier molecular flexibility index (Phi) is 3.15. The standard InChI is InChI=1S/C12H12ClN3O/c1-8-2-5-12(17)16(15-8)7-9-3-4-10(13)6-11(9)14/h2-6H,7,14H2,1H3. The minimum absolute atomic E-state index is 0.148. The van der Waals surface area contributed by atoms with Gasteiger partial charge in [0.25, 0.3) is 5.56 Å². The van der Waals surface area contributed by atoms with Gasteiger partial charge in [-0.25, -0.2) is 4.68 Å². The molecule has 0 saturated heterocycles. The van der Waals surface area contributed by atoms with Crippen LogP contribution < -0.4 is 11.3 Å². The summed E-state index contributed by atoms with van der Waals surface area (Å²) in [5, 5.41) is 4.73. The summed E-state index contributed by atoms with van der Waals surface area (Å²) in [6, 6.07) is 8.39. The first-order chi connectivity index (χ1) is 8.06. The maximum atomic E-state index is 11.6. The first kappa shape index (κ1) is 11.7. The molecule has 0 saturated carbocycles. The molecule has 0 aliphatic heterocycles. The number of nitrogen functional groups attached to an aromatic ring is 1. The van der Waals surface area contributed by atoms with Crippen LogP contribution in [0.5, 0.6) is 0 Å². The number of anilines is 1. The van der Waals surface area contributed by atoms with Gasteiger partial charge in [0.2, 0.25) is 0 Å². The fourth-order valence-corrected chi connectivity index (χ4v) is 1.72. The molecule has 0 aliphatic carbocycles. The molecule has 0 unspecified atom stereocenters. The summed E-state index contributed by atoms with van der Waals surface area (Å²) in [7, 11) is 0. The van der Waals surface area contributed by atoms with Crippen molar-refractivity contribution in [3.8, 4) is 0 Å². The second-order valence-electron chi connectivity index (χ2n) is 3.81. The summed E-state index contributed by atoms with van der Waals surface area (Å²) in [5.74, 6) is 0. The molecule has 88 valence electrons. The van der Waals surface area contributed by atoms with Gasteiger partial charge in [0, 0.05) is 16.8 Å². The molecule has 1 aromatic carbocycles.